The molecule has 4 rings (SSSR count). The minimum absolute atomic E-state index is 0.118. The summed E-state index contributed by atoms with van der Waals surface area (Å²) in [4.78, 5) is 13.5. The molecule has 0 unspecified atom stereocenters. The molecule has 0 fully saturated rings. The third-order valence-corrected chi connectivity index (χ3v) is 4.90. The second kappa shape index (κ2) is 8.33. The molecular weight excluding hydrogens is 380 g/mol. The summed E-state index contributed by atoms with van der Waals surface area (Å²) in [5, 5.41) is 0.737. The Morgan fingerprint density at radius 2 is 1.47 bits per heavy atom. The number of furan rings is 1. The van der Waals surface area contributed by atoms with E-state index < -0.39 is 0 Å². The number of ketones is 1. The number of methoxy groups -OCH3 is 2. The molecule has 5 nitrogen and oxygen atoms in total. The van der Waals surface area contributed by atoms with E-state index in [1.807, 2.05) is 43.3 Å². The van der Waals surface area contributed by atoms with Gasteiger partial charge in [-0.05, 0) is 67.6 Å². The highest BCUT2D eigenvalue weighted by atomic mass is 16.5. The van der Waals surface area contributed by atoms with Crippen LogP contribution in [0.3, 0.4) is 0 Å². The Morgan fingerprint density at radius 3 is 2.10 bits per heavy atom. The van der Waals surface area contributed by atoms with Crippen LogP contribution in [0.2, 0.25) is 0 Å². The summed E-state index contributed by atoms with van der Waals surface area (Å²) in [7, 11) is 3.21. The number of rotatable bonds is 7. The lowest BCUT2D eigenvalue weighted by Gasteiger charge is -2.06. The molecule has 0 spiro atoms. The average Bonchev–Trinajstić information content (AvgIpc) is 3.18. The van der Waals surface area contributed by atoms with Crippen LogP contribution in [0.15, 0.2) is 71.1 Å². The van der Waals surface area contributed by atoms with E-state index in [0.717, 1.165) is 22.4 Å². The Hall–Kier alpha value is -3.73. The molecule has 152 valence electrons. The average molecular weight is 402 g/mol. The van der Waals surface area contributed by atoms with Crippen LogP contribution in [-0.4, -0.2) is 26.6 Å². The summed E-state index contributed by atoms with van der Waals surface area (Å²) < 4.78 is 22.2. The van der Waals surface area contributed by atoms with Crippen molar-refractivity contribution in [1.29, 1.82) is 0 Å². The number of hydrogen-bond acceptors (Lipinski definition) is 5. The van der Waals surface area contributed by atoms with Gasteiger partial charge < -0.3 is 18.6 Å². The van der Waals surface area contributed by atoms with E-state index in [-0.39, 0.29) is 5.78 Å². The molecule has 30 heavy (non-hydrogen) atoms. The highest BCUT2D eigenvalue weighted by Gasteiger charge is 2.23. The zero-order chi connectivity index (χ0) is 21.1. The normalized spacial score (nSPS) is 10.8. The number of hydrogen-bond donors (Lipinski definition) is 0. The second-order valence-electron chi connectivity index (χ2n) is 6.68. The molecule has 1 aromatic heterocycles. The summed E-state index contributed by atoms with van der Waals surface area (Å²) >= 11 is 0. The first-order valence-electron chi connectivity index (χ1n) is 9.67. The maximum Gasteiger partial charge on any atom is 0.197 e. The van der Waals surface area contributed by atoms with Gasteiger partial charge in [0, 0.05) is 22.6 Å². The SMILES string of the molecule is CCOc1ccc(C(=O)c2c(-c3ccc(OC)cc3)oc3cc(OC)ccc23)cc1. The maximum absolute atomic E-state index is 13.5. The van der Waals surface area contributed by atoms with Gasteiger partial charge in [0.2, 0.25) is 0 Å². The van der Waals surface area contributed by atoms with E-state index in [1.54, 1.807) is 44.6 Å². The number of fused-ring (bicyclic) bond motifs is 1. The molecule has 0 radical (unpaired) electrons. The lowest BCUT2D eigenvalue weighted by molar-refractivity contribution is 0.104. The molecule has 0 N–H and O–H groups in total. The third-order valence-electron chi connectivity index (χ3n) is 4.90. The molecule has 0 aliphatic carbocycles. The van der Waals surface area contributed by atoms with Gasteiger partial charge in [-0.2, -0.15) is 0 Å². The largest absolute Gasteiger partial charge is 0.497 e. The van der Waals surface area contributed by atoms with Crippen molar-refractivity contribution in [3.05, 3.63) is 77.9 Å². The molecule has 4 aromatic rings. The zero-order valence-electron chi connectivity index (χ0n) is 17.1. The van der Waals surface area contributed by atoms with Crippen molar-refractivity contribution in [2.24, 2.45) is 0 Å². The molecule has 0 bridgehead atoms. The minimum atomic E-state index is -0.118. The van der Waals surface area contributed by atoms with Gasteiger partial charge in [-0.25, -0.2) is 0 Å². The molecule has 5 heteroatoms. The molecule has 0 saturated heterocycles. The predicted octanol–water partition coefficient (Wildman–Crippen LogP) is 5.75. The van der Waals surface area contributed by atoms with Crippen molar-refractivity contribution in [2.75, 3.05) is 20.8 Å². The maximum atomic E-state index is 13.5. The van der Waals surface area contributed by atoms with Crippen LogP contribution in [0.1, 0.15) is 22.8 Å². The molecule has 3 aromatic carbocycles. The summed E-state index contributed by atoms with van der Waals surface area (Å²) in [5.41, 5.74) is 2.46. The van der Waals surface area contributed by atoms with Gasteiger partial charge >= 0.3 is 0 Å². The van der Waals surface area contributed by atoms with Crippen LogP contribution >= 0.6 is 0 Å². The number of ether oxygens (including phenoxy) is 3. The molecule has 0 amide bonds. The Kier molecular flexibility index (Phi) is 5.44. The first kappa shape index (κ1) is 19.6. The lowest BCUT2D eigenvalue weighted by atomic mass is 9.97. The summed E-state index contributed by atoms with van der Waals surface area (Å²) in [5.74, 6) is 2.52. The number of carbonyl (C=O) groups excluding carboxylic acids is 1. The Balaban J connectivity index is 1.86. The first-order chi connectivity index (χ1) is 14.6. The van der Waals surface area contributed by atoms with Gasteiger partial charge in [-0.3, -0.25) is 4.79 Å². The van der Waals surface area contributed by atoms with E-state index in [1.165, 1.54) is 0 Å². The Bertz CT molecular complexity index is 1170. The zero-order valence-corrected chi connectivity index (χ0v) is 17.1. The summed E-state index contributed by atoms with van der Waals surface area (Å²) in [6.07, 6.45) is 0. The van der Waals surface area contributed by atoms with Gasteiger partial charge in [0.25, 0.3) is 0 Å². The fourth-order valence-electron chi connectivity index (χ4n) is 3.39. The van der Waals surface area contributed by atoms with Gasteiger partial charge in [0.15, 0.2) is 5.78 Å². The smallest absolute Gasteiger partial charge is 0.197 e. The highest BCUT2D eigenvalue weighted by molar-refractivity contribution is 6.19. The first-order valence-corrected chi connectivity index (χ1v) is 9.67. The standard InChI is InChI=1S/C25H22O5/c1-4-29-19-11-5-16(6-12-19)24(26)23-21-14-13-20(28-3)15-22(21)30-25(23)17-7-9-18(27-2)10-8-17/h5-15H,4H2,1-3H3. The van der Waals surface area contributed by atoms with Gasteiger partial charge in [0.1, 0.15) is 28.6 Å². The van der Waals surface area contributed by atoms with E-state index in [4.69, 9.17) is 18.6 Å². The highest BCUT2D eigenvalue weighted by Crippen LogP contribution is 2.37. The van der Waals surface area contributed by atoms with Crippen molar-refractivity contribution in [3.8, 4) is 28.6 Å². The summed E-state index contributed by atoms with van der Waals surface area (Å²) in [6.45, 7) is 2.50. The molecular formula is C25H22O5. The molecule has 0 atom stereocenters. The van der Waals surface area contributed by atoms with Crippen LogP contribution in [0.4, 0.5) is 0 Å². The van der Waals surface area contributed by atoms with E-state index in [0.29, 0.717) is 34.8 Å². The third kappa shape index (κ3) is 3.62. The predicted molar refractivity (Wildman–Crippen MR) is 116 cm³/mol. The van der Waals surface area contributed by atoms with Crippen LogP contribution in [0.5, 0.6) is 17.2 Å². The van der Waals surface area contributed by atoms with Crippen LogP contribution < -0.4 is 14.2 Å². The van der Waals surface area contributed by atoms with Crippen molar-refractivity contribution in [1.82, 2.24) is 0 Å². The van der Waals surface area contributed by atoms with Gasteiger partial charge in [0.05, 0.1) is 26.4 Å². The van der Waals surface area contributed by atoms with Crippen molar-refractivity contribution in [3.63, 3.8) is 0 Å². The van der Waals surface area contributed by atoms with Crippen LogP contribution in [-0.2, 0) is 0 Å². The van der Waals surface area contributed by atoms with Gasteiger partial charge in [-0.15, -0.1) is 0 Å². The number of benzene rings is 3. The van der Waals surface area contributed by atoms with E-state index >= 15 is 0 Å². The molecule has 0 aliphatic heterocycles. The second-order valence-corrected chi connectivity index (χ2v) is 6.68. The van der Waals surface area contributed by atoms with E-state index in [9.17, 15) is 4.79 Å². The van der Waals surface area contributed by atoms with Crippen molar-refractivity contribution in [2.45, 2.75) is 6.92 Å². The van der Waals surface area contributed by atoms with Gasteiger partial charge in [-0.1, -0.05) is 0 Å². The fraction of sp³-hybridized carbons (Fsp3) is 0.160. The summed E-state index contributed by atoms with van der Waals surface area (Å²) in [6, 6.07) is 20.0. The number of carbonyl (C=O) groups is 1. The van der Waals surface area contributed by atoms with Crippen molar-refractivity contribution >= 4 is 16.8 Å². The molecule has 0 aliphatic rings. The molecule has 0 saturated carbocycles. The Labute approximate surface area is 174 Å². The quantitative estimate of drug-likeness (QED) is 0.369. The molecule has 1 heterocycles. The van der Waals surface area contributed by atoms with Crippen LogP contribution in [0, 0.1) is 0 Å². The monoisotopic (exact) mass is 402 g/mol. The van der Waals surface area contributed by atoms with Crippen molar-refractivity contribution < 1.29 is 23.4 Å². The lowest BCUT2D eigenvalue weighted by Crippen LogP contribution is -2.02. The van der Waals surface area contributed by atoms with Crippen LogP contribution in [0.25, 0.3) is 22.3 Å². The topological polar surface area (TPSA) is 57.9 Å². The minimum Gasteiger partial charge on any atom is -0.497 e. The Morgan fingerprint density at radius 1 is 0.833 bits per heavy atom. The fourth-order valence-corrected chi connectivity index (χ4v) is 3.39. The van der Waals surface area contributed by atoms with E-state index in [2.05, 4.69) is 0 Å².